The smallest absolute Gasteiger partial charge is 0.253 e. The molecule has 0 saturated carbocycles. The molecule has 0 aromatic heterocycles. The van der Waals surface area contributed by atoms with Gasteiger partial charge in [0, 0.05) is 51.4 Å². The maximum absolute atomic E-state index is 12.5. The topological polar surface area (TPSA) is 69.9 Å². The van der Waals surface area contributed by atoms with E-state index in [9.17, 15) is 9.59 Å². The number of rotatable bonds is 4. The van der Waals surface area contributed by atoms with Gasteiger partial charge in [-0.25, -0.2) is 0 Å². The minimum absolute atomic E-state index is 0. The molecule has 0 aliphatic carbocycles. The monoisotopic (exact) mass is 402 g/mol. The van der Waals surface area contributed by atoms with Crippen molar-refractivity contribution in [2.75, 3.05) is 45.8 Å². The lowest BCUT2D eigenvalue weighted by Crippen LogP contribution is -2.51. The first-order chi connectivity index (χ1) is 11.7. The second kappa shape index (κ2) is 10.7. The van der Waals surface area contributed by atoms with Crippen LogP contribution in [-0.2, 0) is 11.3 Å². The standard InChI is InChI=1S/C18H26N4O2.2ClH/c19-13-15-3-5-16(6-4-15)18(24)22-11-9-20(10-12-22)14-17(23)21-7-1-2-8-21;;/h3-6H,1-2,7-14,19H2;2*1H. The third-order valence-corrected chi connectivity index (χ3v) is 4.91. The molecule has 1 aromatic rings. The second-order valence-corrected chi connectivity index (χ2v) is 6.56. The lowest BCUT2D eigenvalue weighted by Gasteiger charge is -2.35. The number of amides is 2. The van der Waals surface area contributed by atoms with Crippen molar-refractivity contribution in [1.82, 2.24) is 14.7 Å². The molecule has 146 valence electrons. The summed E-state index contributed by atoms with van der Waals surface area (Å²) in [6, 6.07) is 7.48. The van der Waals surface area contributed by atoms with Crippen LogP contribution in [0.2, 0.25) is 0 Å². The Balaban J connectivity index is 0.00000169. The van der Waals surface area contributed by atoms with Crippen molar-refractivity contribution >= 4 is 36.6 Å². The number of benzene rings is 1. The number of halogens is 2. The lowest BCUT2D eigenvalue weighted by molar-refractivity contribution is -0.131. The molecule has 2 amide bonds. The predicted octanol–water partition coefficient (Wildman–Crippen LogP) is 1.37. The number of likely N-dealkylation sites (tertiary alicyclic amines) is 1. The Morgan fingerprint density at radius 3 is 1.96 bits per heavy atom. The number of piperazine rings is 1. The van der Waals surface area contributed by atoms with Crippen molar-refractivity contribution in [3.05, 3.63) is 35.4 Å². The molecule has 2 saturated heterocycles. The van der Waals surface area contributed by atoms with Crippen LogP contribution in [0.1, 0.15) is 28.8 Å². The average Bonchev–Trinajstić information content (AvgIpc) is 3.17. The summed E-state index contributed by atoms with van der Waals surface area (Å²) in [5, 5.41) is 0. The number of hydrogen-bond acceptors (Lipinski definition) is 4. The van der Waals surface area contributed by atoms with E-state index >= 15 is 0 Å². The van der Waals surface area contributed by atoms with Crippen LogP contribution < -0.4 is 5.73 Å². The van der Waals surface area contributed by atoms with Gasteiger partial charge >= 0.3 is 0 Å². The average molecular weight is 403 g/mol. The van der Waals surface area contributed by atoms with Crippen LogP contribution >= 0.6 is 24.8 Å². The highest BCUT2D eigenvalue weighted by Crippen LogP contribution is 2.12. The molecule has 2 N–H and O–H groups in total. The Hall–Kier alpha value is -1.34. The van der Waals surface area contributed by atoms with Crippen molar-refractivity contribution in [2.45, 2.75) is 19.4 Å². The molecule has 26 heavy (non-hydrogen) atoms. The van der Waals surface area contributed by atoms with E-state index < -0.39 is 0 Å². The second-order valence-electron chi connectivity index (χ2n) is 6.56. The number of carbonyl (C=O) groups is 2. The fourth-order valence-electron chi connectivity index (χ4n) is 3.33. The summed E-state index contributed by atoms with van der Waals surface area (Å²) < 4.78 is 0. The maximum Gasteiger partial charge on any atom is 0.253 e. The molecule has 0 unspecified atom stereocenters. The molecule has 2 fully saturated rings. The van der Waals surface area contributed by atoms with Gasteiger partial charge in [0.25, 0.3) is 5.91 Å². The third kappa shape index (κ3) is 5.58. The first kappa shape index (κ1) is 22.7. The van der Waals surface area contributed by atoms with E-state index in [1.165, 1.54) is 0 Å². The molecule has 0 bridgehead atoms. The van der Waals surface area contributed by atoms with Crippen LogP contribution in [0.25, 0.3) is 0 Å². The van der Waals surface area contributed by atoms with Crippen molar-refractivity contribution in [1.29, 1.82) is 0 Å². The fraction of sp³-hybridized carbons (Fsp3) is 0.556. The first-order valence-electron chi connectivity index (χ1n) is 8.76. The Morgan fingerprint density at radius 1 is 0.846 bits per heavy atom. The summed E-state index contributed by atoms with van der Waals surface area (Å²) in [6.07, 6.45) is 2.24. The summed E-state index contributed by atoms with van der Waals surface area (Å²) in [4.78, 5) is 30.7. The van der Waals surface area contributed by atoms with Crippen LogP contribution in [-0.4, -0.2) is 72.3 Å². The van der Waals surface area contributed by atoms with E-state index in [0.717, 1.165) is 44.6 Å². The first-order valence-corrected chi connectivity index (χ1v) is 8.76. The van der Waals surface area contributed by atoms with Crippen LogP contribution in [0.5, 0.6) is 0 Å². The highest BCUT2D eigenvalue weighted by atomic mass is 35.5. The van der Waals surface area contributed by atoms with E-state index in [0.29, 0.717) is 31.7 Å². The van der Waals surface area contributed by atoms with E-state index in [1.54, 1.807) is 0 Å². The SMILES string of the molecule is Cl.Cl.NCc1ccc(C(=O)N2CCN(CC(=O)N3CCCC3)CC2)cc1. The van der Waals surface area contributed by atoms with E-state index in [-0.39, 0.29) is 36.6 Å². The lowest BCUT2D eigenvalue weighted by atomic mass is 10.1. The third-order valence-electron chi connectivity index (χ3n) is 4.91. The minimum Gasteiger partial charge on any atom is -0.342 e. The van der Waals surface area contributed by atoms with Crippen LogP contribution in [0.4, 0.5) is 0 Å². The van der Waals surface area contributed by atoms with Gasteiger partial charge in [-0.3, -0.25) is 14.5 Å². The van der Waals surface area contributed by atoms with Crippen molar-refractivity contribution < 1.29 is 9.59 Å². The highest BCUT2D eigenvalue weighted by molar-refractivity contribution is 5.94. The number of nitrogens with zero attached hydrogens (tertiary/aromatic N) is 3. The van der Waals surface area contributed by atoms with Gasteiger partial charge in [0.2, 0.25) is 5.91 Å². The van der Waals surface area contributed by atoms with Crippen molar-refractivity contribution in [3.8, 4) is 0 Å². The van der Waals surface area contributed by atoms with Gasteiger partial charge in [-0.1, -0.05) is 12.1 Å². The predicted molar refractivity (Wildman–Crippen MR) is 107 cm³/mol. The number of nitrogens with two attached hydrogens (primary N) is 1. The Bertz CT molecular complexity index is 583. The van der Waals surface area contributed by atoms with Crippen molar-refractivity contribution in [3.63, 3.8) is 0 Å². The molecular formula is C18H28Cl2N4O2. The summed E-state index contributed by atoms with van der Waals surface area (Å²) in [6.45, 7) is 5.62. The van der Waals surface area contributed by atoms with Gasteiger partial charge in [-0.05, 0) is 30.5 Å². The van der Waals surface area contributed by atoms with Gasteiger partial charge in [-0.2, -0.15) is 0 Å². The number of carbonyl (C=O) groups excluding carboxylic acids is 2. The normalized spacial score (nSPS) is 17.4. The van der Waals surface area contributed by atoms with Gasteiger partial charge < -0.3 is 15.5 Å². The molecule has 2 aliphatic heterocycles. The zero-order valence-electron chi connectivity index (χ0n) is 14.9. The van der Waals surface area contributed by atoms with Gasteiger partial charge in [-0.15, -0.1) is 24.8 Å². The van der Waals surface area contributed by atoms with Crippen LogP contribution in [0.3, 0.4) is 0 Å². The molecule has 1 aromatic carbocycles. The van der Waals surface area contributed by atoms with Crippen LogP contribution in [0.15, 0.2) is 24.3 Å². The van der Waals surface area contributed by atoms with Crippen LogP contribution in [0, 0.1) is 0 Å². The summed E-state index contributed by atoms with van der Waals surface area (Å²) >= 11 is 0. The summed E-state index contributed by atoms with van der Waals surface area (Å²) in [5.74, 6) is 0.286. The Kier molecular flexibility index (Phi) is 9.36. The molecule has 6 nitrogen and oxygen atoms in total. The quantitative estimate of drug-likeness (QED) is 0.825. The summed E-state index contributed by atoms with van der Waals surface area (Å²) in [5.41, 5.74) is 7.31. The molecule has 0 spiro atoms. The Morgan fingerprint density at radius 2 is 1.42 bits per heavy atom. The zero-order chi connectivity index (χ0) is 16.9. The van der Waals surface area contributed by atoms with E-state index in [2.05, 4.69) is 4.90 Å². The molecule has 2 heterocycles. The maximum atomic E-state index is 12.5. The molecule has 0 atom stereocenters. The van der Waals surface area contributed by atoms with Gasteiger partial charge in [0.15, 0.2) is 0 Å². The van der Waals surface area contributed by atoms with Gasteiger partial charge in [0.1, 0.15) is 0 Å². The summed E-state index contributed by atoms with van der Waals surface area (Å²) in [7, 11) is 0. The molecule has 0 radical (unpaired) electrons. The minimum atomic E-state index is 0. The van der Waals surface area contributed by atoms with E-state index in [1.807, 2.05) is 34.1 Å². The molecule has 3 rings (SSSR count). The largest absolute Gasteiger partial charge is 0.342 e. The Labute approximate surface area is 167 Å². The highest BCUT2D eigenvalue weighted by Gasteiger charge is 2.25. The molecular weight excluding hydrogens is 375 g/mol. The number of hydrogen-bond donors (Lipinski definition) is 1. The fourth-order valence-corrected chi connectivity index (χ4v) is 3.33. The van der Waals surface area contributed by atoms with Gasteiger partial charge in [0.05, 0.1) is 6.54 Å². The van der Waals surface area contributed by atoms with Crippen molar-refractivity contribution in [2.24, 2.45) is 5.73 Å². The molecule has 8 heteroatoms. The molecule has 2 aliphatic rings. The zero-order valence-corrected chi connectivity index (χ0v) is 16.6. The van der Waals surface area contributed by atoms with E-state index in [4.69, 9.17) is 5.73 Å².